The normalized spacial score (nSPS) is 10.7. The second-order valence-electron chi connectivity index (χ2n) is 5.50. The van der Waals surface area contributed by atoms with Crippen molar-refractivity contribution in [2.75, 3.05) is 10.9 Å². The van der Waals surface area contributed by atoms with Crippen molar-refractivity contribution in [1.82, 2.24) is 15.0 Å². The van der Waals surface area contributed by atoms with Crippen molar-refractivity contribution in [3.8, 4) is 6.01 Å². The molecule has 27 heavy (non-hydrogen) atoms. The number of rotatable bonds is 6. The number of hydrazine groups is 1. The summed E-state index contributed by atoms with van der Waals surface area (Å²) in [5.41, 5.74) is 7.09. The number of hydrogen-bond acceptors (Lipinski definition) is 7. The van der Waals surface area contributed by atoms with Crippen LogP contribution in [-0.2, 0) is 6.61 Å². The largest absolute Gasteiger partial charge is 0.459 e. The SMILES string of the molecule is Fc1ccc(COc2ncc(F)c(NNc3nc4ccccc4s3)n2)cc1. The number of aromatic nitrogens is 3. The van der Waals surface area contributed by atoms with E-state index in [1.807, 2.05) is 24.3 Å². The van der Waals surface area contributed by atoms with Gasteiger partial charge in [0.15, 0.2) is 11.6 Å². The third-order valence-electron chi connectivity index (χ3n) is 3.58. The van der Waals surface area contributed by atoms with Gasteiger partial charge in [0.05, 0.1) is 16.4 Å². The van der Waals surface area contributed by atoms with Crippen molar-refractivity contribution < 1.29 is 13.5 Å². The Morgan fingerprint density at radius 2 is 1.78 bits per heavy atom. The molecule has 0 bridgehead atoms. The molecule has 9 heteroatoms. The lowest BCUT2D eigenvalue weighted by atomic mass is 10.2. The number of anilines is 2. The second-order valence-corrected chi connectivity index (χ2v) is 6.53. The molecule has 136 valence electrons. The summed E-state index contributed by atoms with van der Waals surface area (Å²) in [7, 11) is 0. The Hall–Kier alpha value is -3.33. The maximum Gasteiger partial charge on any atom is 0.318 e. The molecule has 4 rings (SSSR count). The number of thiazole rings is 1. The number of ether oxygens (including phenoxy) is 1. The number of halogens is 2. The summed E-state index contributed by atoms with van der Waals surface area (Å²) in [4.78, 5) is 12.2. The molecule has 0 aliphatic rings. The molecule has 0 spiro atoms. The van der Waals surface area contributed by atoms with Crippen LogP contribution in [0.15, 0.2) is 54.7 Å². The monoisotopic (exact) mass is 385 g/mol. The predicted octanol–water partition coefficient (Wildman–Crippen LogP) is 4.38. The van der Waals surface area contributed by atoms with E-state index >= 15 is 0 Å². The number of para-hydroxylation sites is 1. The lowest BCUT2D eigenvalue weighted by Crippen LogP contribution is -2.12. The van der Waals surface area contributed by atoms with E-state index in [0.717, 1.165) is 22.0 Å². The first-order chi connectivity index (χ1) is 13.2. The van der Waals surface area contributed by atoms with Crippen LogP contribution in [-0.4, -0.2) is 15.0 Å². The summed E-state index contributed by atoms with van der Waals surface area (Å²) in [6.45, 7) is 0.136. The molecule has 6 nitrogen and oxygen atoms in total. The summed E-state index contributed by atoms with van der Waals surface area (Å²) in [5, 5.41) is 0.572. The fraction of sp³-hybridized carbons (Fsp3) is 0.0556. The van der Waals surface area contributed by atoms with Gasteiger partial charge in [-0.3, -0.25) is 10.9 Å². The van der Waals surface area contributed by atoms with E-state index in [2.05, 4.69) is 25.8 Å². The average molecular weight is 385 g/mol. The third-order valence-corrected chi connectivity index (χ3v) is 4.54. The van der Waals surface area contributed by atoms with Crippen molar-refractivity contribution in [3.05, 3.63) is 71.9 Å². The van der Waals surface area contributed by atoms with Crippen molar-refractivity contribution in [1.29, 1.82) is 0 Å². The highest BCUT2D eigenvalue weighted by Gasteiger charge is 2.09. The van der Waals surface area contributed by atoms with Crippen LogP contribution in [0.4, 0.5) is 19.7 Å². The van der Waals surface area contributed by atoms with Crippen LogP contribution < -0.4 is 15.6 Å². The maximum absolute atomic E-state index is 13.9. The molecular formula is C18H13F2N5OS. The van der Waals surface area contributed by atoms with Crippen LogP contribution >= 0.6 is 11.3 Å². The van der Waals surface area contributed by atoms with E-state index in [0.29, 0.717) is 5.13 Å². The van der Waals surface area contributed by atoms with Crippen molar-refractivity contribution in [2.45, 2.75) is 6.61 Å². The highest BCUT2D eigenvalue weighted by molar-refractivity contribution is 7.22. The molecule has 0 radical (unpaired) electrons. The van der Waals surface area contributed by atoms with Gasteiger partial charge < -0.3 is 4.74 Å². The Bertz CT molecular complexity index is 1040. The van der Waals surface area contributed by atoms with Crippen LogP contribution in [0, 0.1) is 11.6 Å². The molecule has 0 saturated heterocycles. The Kier molecular flexibility index (Phi) is 4.75. The van der Waals surface area contributed by atoms with Gasteiger partial charge in [0, 0.05) is 0 Å². The molecule has 0 aliphatic heterocycles. The van der Waals surface area contributed by atoms with Gasteiger partial charge in [-0.2, -0.15) is 4.98 Å². The van der Waals surface area contributed by atoms with Gasteiger partial charge in [0.25, 0.3) is 0 Å². The third kappa shape index (κ3) is 4.09. The van der Waals surface area contributed by atoms with Crippen molar-refractivity contribution in [2.24, 2.45) is 0 Å². The van der Waals surface area contributed by atoms with E-state index in [-0.39, 0.29) is 24.3 Å². The highest BCUT2D eigenvalue weighted by Crippen LogP contribution is 2.25. The summed E-state index contributed by atoms with van der Waals surface area (Å²) < 4.78 is 33.3. The maximum atomic E-state index is 13.9. The predicted molar refractivity (Wildman–Crippen MR) is 99.6 cm³/mol. The first-order valence-electron chi connectivity index (χ1n) is 7.95. The standard InChI is InChI=1S/C18H13F2N5OS/c19-12-7-5-11(6-8-12)10-26-17-21-9-13(20)16(23-17)24-25-18-22-14-3-1-2-4-15(14)27-18/h1-9H,10H2,(H,22,25)(H,21,23,24). The fourth-order valence-electron chi connectivity index (χ4n) is 2.28. The number of hydrogen-bond donors (Lipinski definition) is 2. The Morgan fingerprint density at radius 3 is 2.59 bits per heavy atom. The van der Waals surface area contributed by atoms with Gasteiger partial charge in [-0.15, -0.1) is 0 Å². The Morgan fingerprint density at radius 1 is 0.963 bits per heavy atom. The molecule has 2 heterocycles. The number of fused-ring (bicyclic) bond motifs is 1. The summed E-state index contributed by atoms with van der Waals surface area (Å²) in [6, 6.07) is 13.5. The molecule has 0 amide bonds. The zero-order valence-electron chi connectivity index (χ0n) is 13.8. The van der Waals surface area contributed by atoms with Crippen LogP contribution in [0.25, 0.3) is 10.2 Å². The van der Waals surface area contributed by atoms with E-state index in [1.54, 1.807) is 12.1 Å². The van der Waals surface area contributed by atoms with Crippen LogP contribution in [0.5, 0.6) is 6.01 Å². The molecule has 0 aliphatic carbocycles. The van der Waals surface area contributed by atoms with E-state index < -0.39 is 5.82 Å². The molecule has 0 fully saturated rings. The van der Waals surface area contributed by atoms with Gasteiger partial charge in [0.2, 0.25) is 5.13 Å². The highest BCUT2D eigenvalue weighted by atomic mass is 32.1. The van der Waals surface area contributed by atoms with Crippen LogP contribution in [0.1, 0.15) is 5.56 Å². The molecule has 0 atom stereocenters. The smallest absolute Gasteiger partial charge is 0.318 e. The molecule has 2 N–H and O–H groups in total. The topological polar surface area (TPSA) is 72.0 Å². The van der Waals surface area contributed by atoms with Crippen LogP contribution in [0.3, 0.4) is 0 Å². The number of nitrogens with zero attached hydrogens (tertiary/aromatic N) is 3. The van der Waals surface area contributed by atoms with Gasteiger partial charge >= 0.3 is 6.01 Å². The minimum Gasteiger partial charge on any atom is -0.459 e. The van der Waals surface area contributed by atoms with E-state index in [1.165, 1.54) is 23.5 Å². The van der Waals surface area contributed by atoms with Gasteiger partial charge in [-0.05, 0) is 29.8 Å². The first-order valence-corrected chi connectivity index (χ1v) is 8.76. The molecule has 2 aromatic heterocycles. The second kappa shape index (κ2) is 7.50. The minimum absolute atomic E-state index is 0.00525. The van der Waals surface area contributed by atoms with E-state index in [9.17, 15) is 8.78 Å². The molecule has 0 saturated carbocycles. The van der Waals surface area contributed by atoms with Gasteiger partial charge in [-0.25, -0.2) is 18.7 Å². The Balaban J connectivity index is 1.42. The summed E-state index contributed by atoms with van der Waals surface area (Å²) in [6.07, 6.45) is 1.01. The quantitative estimate of drug-likeness (QED) is 0.480. The molecule has 2 aromatic carbocycles. The van der Waals surface area contributed by atoms with Crippen molar-refractivity contribution >= 4 is 32.5 Å². The zero-order valence-corrected chi connectivity index (χ0v) is 14.6. The number of benzene rings is 2. The lowest BCUT2D eigenvalue weighted by molar-refractivity contribution is 0.279. The molecule has 4 aromatic rings. The average Bonchev–Trinajstić information content (AvgIpc) is 3.10. The van der Waals surface area contributed by atoms with Gasteiger partial charge in [-0.1, -0.05) is 35.6 Å². The summed E-state index contributed by atoms with van der Waals surface area (Å²) >= 11 is 1.42. The summed E-state index contributed by atoms with van der Waals surface area (Å²) in [5.74, 6) is -1.04. The molecule has 0 unspecified atom stereocenters. The molecular weight excluding hydrogens is 372 g/mol. The zero-order chi connectivity index (χ0) is 18.6. The van der Waals surface area contributed by atoms with Crippen molar-refractivity contribution in [3.63, 3.8) is 0 Å². The van der Waals surface area contributed by atoms with Gasteiger partial charge in [0.1, 0.15) is 12.4 Å². The van der Waals surface area contributed by atoms with Crippen LogP contribution in [0.2, 0.25) is 0 Å². The Labute approximate surface area is 156 Å². The lowest BCUT2D eigenvalue weighted by Gasteiger charge is -2.09. The minimum atomic E-state index is -0.641. The van der Waals surface area contributed by atoms with E-state index in [4.69, 9.17) is 4.74 Å². The fourth-order valence-corrected chi connectivity index (χ4v) is 3.09. The number of nitrogens with one attached hydrogen (secondary N) is 2. The first kappa shape index (κ1) is 17.1.